The fourth-order valence-electron chi connectivity index (χ4n) is 3.44. The molecule has 0 aliphatic carbocycles. The van der Waals surface area contributed by atoms with Crippen LogP contribution in [0.5, 0.6) is 0 Å². The third-order valence-corrected chi connectivity index (χ3v) is 7.20. The van der Waals surface area contributed by atoms with E-state index in [9.17, 15) is 13.2 Å². The zero-order valence-electron chi connectivity index (χ0n) is 18.3. The van der Waals surface area contributed by atoms with Crippen molar-refractivity contribution in [3.8, 4) is 5.69 Å². The minimum atomic E-state index is -3.81. The van der Waals surface area contributed by atoms with Gasteiger partial charge in [0, 0.05) is 30.7 Å². The highest BCUT2D eigenvalue weighted by Gasteiger charge is 2.22. The lowest BCUT2D eigenvalue weighted by molar-refractivity contribution is 0.0939. The summed E-state index contributed by atoms with van der Waals surface area (Å²) >= 11 is 0. The van der Waals surface area contributed by atoms with E-state index in [-0.39, 0.29) is 22.4 Å². The van der Waals surface area contributed by atoms with Gasteiger partial charge in [-0.3, -0.25) is 9.10 Å². The molecule has 4 rings (SSSR count). The summed E-state index contributed by atoms with van der Waals surface area (Å²) in [6, 6.07) is 22.4. The first-order valence-electron chi connectivity index (χ1n) is 10.4. The molecule has 8 heteroatoms. The minimum absolute atomic E-state index is 0.0545. The summed E-state index contributed by atoms with van der Waals surface area (Å²) in [4.78, 5) is 17.0. The van der Waals surface area contributed by atoms with Gasteiger partial charge < -0.3 is 9.88 Å². The molecule has 168 valence electrons. The van der Waals surface area contributed by atoms with Gasteiger partial charge in [0.1, 0.15) is 0 Å². The van der Waals surface area contributed by atoms with Crippen molar-refractivity contribution in [2.24, 2.45) is 0 Å². The van der Waals surface area contributed by atoms with Crippen LogP contribution in [0.25, 0.3) is 5.69 Å². The second kappa shape index (κ2) is 9.30. The van der Waals surface area contributed by atoms with Crippen LogP contribution in [0.15, 0.2) is 102 Å². The van der Waals surface area contributed by atoms with Gasteiger partial charge in [0.15, 0.2) is 0 Å². The number of aromatic nitrogens is 2. The Labute approximate surface area is 193 Å². The van der Waals surface area contributed by atoms with Crippen molar-refractivity contribution in [2.45, 2.75) is 17.9 Å². The van der Waals surface area contributed by atoms with Crippen molar-refractivity contribution >= 4 is 21.6 Å². The number of hydrogen-bond acceptors (Lipinski definition) is 4. The van der Waals surface area contributed by atoms with Crippen molar-refractivity contribution in [3.63, 3.8) is 0 Å². The lowest BCUT2D eigenvalue weighted by Gasteiger charge is -2.20. The maximum absolute atomic E-state index is 13.1. The van der Waals surface area contributed by atoms with Crippen LogP contribution >= 0.6 is 0 Å². The molecular weight excluding hydrogens is 436 g/mol. The largest absolute Gasteiger partial charge is 0.346 e. The number of carbonyl (C=O) groups excluding carboxylic acids is 1. The van der Waals surface area contributed by atoms with Gasteiger partial charge in [0.05, 0.1) is 23.0 Å². The van der Waals surface area contributed by atoms with Crippen molar-refractivity contribution in [1.82, 2.24) is 14.9 Å². The molecule has 0 bridgehead atoms. The second-order valence-corrected chi connectivity index (χ2v) is 9.56. The van der Waals surface area contributed by atoms with Crippen molar-refractivity contribution in [1.29, 1.82) is 0 Å². The van der Waals surface area contributed by atoms with Gasteiger partial charge in [0.2, 0.25) is 0 Å². The maximum Gasteiger partial charge on any atom is 0.264 e. The summed E-state index contributed by atoms with van der Waals surface area (Å²) in [5.74, 6) is -0.347. The van der Waals surface area contributed by atoms with Crippen molar-refractivity contribution < 1.29 is 13.2 Å². The zero-order valence-corrected chi connectivity index (χ0v) is 19.1. The van der Waals surface area contributed by atoms with E-state index in [1.54, 1.807) is 48.9 Å². The molecule has 0 fully saturated rings. The smallest absolute Gasteiger partial charge is 0.264 e. The van der Waals surface area contributed by atoms with Crippen LogP contribution in [0.1, 0.15) is 28.9 Å². The van der Waals surface area contributed by atoms with Crippen LogP contribution < -0.4 is 9.62 Å². The van der Waals surface area contributed by atoms with Crippen molar-refractivity contribution in [2.75, 3.05) is 11.4 Å². The average Bonchev–Trinajstić information content (AvgIpc) is 3.39. The van der Waals surface area contributed by atoms with Crippen molar-refractivity contribution in [3.05, 3.63) is 109 Å². The van der Waals surface area contributed by atoms with Gasteiger partial charge in [-0.05, 0) is 55.0 Å². The Kier molecular flexibility index (Phi) is 6.28. The Balaban J connectivity index is 1.49. The maximum atomic E-state index is 13.1. The fraction of sp³-hybridized carbons (Fsp3) is 0.120. The number of imidazole rings is 1. The molecule has 0 aliphatic rings. The number of anilines is 1. The quantitative estimate of drug-likeness (QED) is 0.448. The van der Waals surface area contributed by atoms with Gasteiger partial charge in [0.25, 0.3) is 15.9 Å². The first-order valence-corrected chi connectivity index (χ1v) is 11.8. The van der Waals surface area contributed by atoms with Crippen LogP contribution in [0.3, 0.4) is 0 Å². The molecule has 1 unspecified atom stereocenters. The first kappa shape index (κ1) is 22.3. The van der Waals surface area contributed by atoms with E-state index in [1.807, 2.05) is 48.0 Å². The lowest BCUT2D eigenvalue weighted by atomic mass is 10.1. The highest BCUT2D eigenvalue weighted by atomic mass is 32.2. The van der Waals surface area contributed by atoms with E-state index in [2.05, 4.69) is 10.3 Å². The van der Waals surface area contributed by atoms with Gasteiger partial charge in [-0.25, -0.2) is 13.4 Å². The van der Waals surface area contributed by atoms with E-state index < -0.39 is 10.0 Å². The number of nitrogens with one attached hydrogen (secondary N) is 1. The molecule has 1 heterocycles. The van der Waals surface area contributed by atoms with Crippen LogP contribution in [-0.4, -0.2) is 30.9 Å². The molecule has 3 aromatic carbocycles. The molecule has 0 spiro atoms. The summed E-state index contributed by atoms with van der Waals surface area (Å²) in [5, 5.41) is 2.94. The molecule has 1 N–H and O–H groups in total. The molecule has 0 aliphatic heterocycles. The molecule has 0 saturated carbocycles. The fourth-order valence-corrected chi connectivity index (χ4v) is 4.68. The van der Waals surface area contributed by atoms with E-state index in [0.717, 1.165) is 11.3 Å². The van der Waals surface area contributed by atoms with E-state index in [0.29, 0.717) is 5.69 Å². The third-order valence-electron chi connectivity index (χ3n) is 5.42. The number of para-hydroxylation sites is 1. The normalized spacial score (nSPS) is 12.2. The monoisotopic (exact) mass is 460 g/mol. The Morgan fingerprint density at radius 3 is 2.39 bits per heavy atom. The predicted octanol–water partition coefficient (Wildman–Crippen LogP) is 4.19. The third kappa shape index (κ3) is 4.80. The van der Waals surface area contributed by atoms with E-state index >= 15 is 0 Å². The summed E-state index contributed by atoms with van der Waals surface area (Å²) < 4.78 is 29.2. The van der Waals surface area contributed by atoms with Crippen LogP contribution in [0, 0.1) is 0 Å². The Morgan fingerprint density at radius 2 is 1.73 bits per heavy atom. The SMILES string of the molecule is CC(NC(=O)c1cccc(S(=O)(=O)N(C)c2ccccc2)c1)c1ccc(-n2ccnc2)cc1. The number of amides is 1. The molecule has 1 aromatic heterocycles. The molecule has 7 nitrogen and oxygen atoms in total. The average molecular weight is 461 g/mol. The Bertz CT molecular complexity index is 1340. The number of benzene rings is 3. The van der Waals surface area contributed by atoms with E-state index in [1.165, 1.54) is 23.5 Å². The first-order chi connectivity index (χ1) is 15.9. The number of sulfonamides is 1. The van der Waals surface area contributed by atoms with Gasteiger partial charge in [-0.1, -0.05) is 36.4 Å². The summed E-state index contributed by atoms with van der Waals surface area (Å²) in [6.07, 6.45) is 5.29. The molecule has 0 radical (unpaired) electrons. The van der Waals surface area contributed by atoms with Crippen LogP contribution in [-0.2, 0) is 10.0 Å². The molecule has 1 amide bonds. The molecule has 0 saturated heterocycles. The Hall–Kier alpha value is -3.91. The minimum Gasteiger partial charge on any atom is -0.346 e. The predicted molar refractivity (Wildman–Crippen MR) is 128 cm³/mol. The summed E-state index contributed by atoms with van der Waals surface area (Å²) in [5.41, 5.74) is 2.72. The number of nitrogens with zero attached hydrogens (tertiary/aromatic N) is 3. The van der Waals surface area contributed by atoms with E-state index in [4.69, 9.17) is 0 Å². The number of rotatable bonds is 7. The highest BCUT2D eigenvalue weighted by Crippen LogP contribution is 2.23. The molecule has 4 aromatic rings. The summed E-state index contributed by atoms with van der Waals surface area (Å²) in [6.45, 7) is 1.88. The standard InChI is InChI=1S/C25H24N4O3S/c1-19(20-11-13-23(14-12-20)29-16-15-26-18-29)27-25(30)21-7-6-10-24(17-21)33(31,32)28(2)22-8-4-3-5-9-22/h3-19H,1-2H3,(H,27,30). The topological polar surface area (TPSA) is 84.3 Å². The zero-order chi connectivity index (χ0) is 23.4. The highest BCUT2D eigenvalue weighted by molar-refractivity contribution is 7.92. The van der Waals surface area contributed by atoms with Gasteiger partial charge in [-0.15, -0.1) is 0 Å². The second-order valence-electron chi connectivity index (χ2n) is 7.59. The summed E-state index contributed by atoms with van der Waals surface area (Å²) in [7, 11) is -2.32. The molecule has 1 atom stereocenters. The van der Waals surface area contributed by atoms with Gasteiger partial charge in [-0.2, -0.15) is 0 Å². The number of carbonyl (C=O) groups is 1. The van der Waals surface area contributed by atoms with Crippen LogP contribution in [0.4, 0.5) is 5.69 Å². The van der Waals surface area contributed by atoms with Crippen LogP contribution in [0.2, 0.25) is 0 Å². The van der Waals surface area contributed by atoms with Gasteiger partial charge >= 0.3 is 0 Å². The Morgan fingerprint density at radius 1 is 1.00 bits per heavy atom. The number of hydrogen-bond donors (Lipinski definition) is 1. The molecular formula is C25H24N4O3S. The molecule has 33 heavy (non-hydrogen) atoms. The lowest BCUT2D eigenvalue weighted by Crippen LogP contribution is -2.28.